The summed E-state index contributed by atoms with van der Waals surface area (Å²) in [6.45, 7) is 1.29. The van der Waals surface area contributed by atoms with Gasteiger partial charge in [-0.25, -0.2) is 14.1 Å². The number of carbonyl (C=O) groups is 1. The van der Waals surface area contributed by atoms with E-state index in [1.54, 1.807) is 18.3 Å². The first-order valence-corrected chi connectivity index (χ1v) is 8.55. The zero-order chi connectivity index (χ0) is 18.1. The maximum absolute atomic E-state index is 13.2. The summed E-state index contributed by atoms with van der Waals surface area (Å²) in [4.78, 5) is 15.9. The lowest BCUT2D eigenvalue weighted by Crippen LogP contribution is -2.21. The number of rotatable bonds is 5. The Bertz CT molecular complexity index is 930. The highest BCUT2D eigenvalue weighted by Crippen LogP contribution is 2.28. The Labute approximate surface area is 149 Å². The molecule has 134 valence electrons. The molecule has 3 aromatic rings. The first-order chi connectivity index (χ1) is 12.6. The van der Waals surface area contributed by atoms with Crippen molar-refractivity contribution in [2.75, 3.05) is 0 Å². The van der Waals surface area contributed by atoms with Gasteiger partial charge in [0.1, 0.15) is 11.6 Å². The molecular formula is C18H19FN6O. The topological polar surface area (TPSA) is 91.6 Å². The summed E-state index contributed by atoms with van der Waals surface area (Å²) in [5, 5.41) is 8.78. The van der Waals surface area contributed by atoms with E-state index in [-0.39, 0.29) is 18.2 Å². The van der Waals surface area contributed by atoms with Crippen molar-refractivity contribution in [3.8, 4) is 0 Å². The van der Waals surface area contributed by atoms with Crippen LogP contribution in [0.25, 0.3) is 0 Å². The zero-order valence-corrected chi connectivity index (χ0v) is 14.2. The van der Waals surface area contributed by atoms with Crippen molar-refractivity contribution in [3.63, 3.8) is 0 Å². The minimum Gasteiger partial charge on any atom is -0.369 e. The molecular weight excluding hydrogens is 335 g/mol. The second kappa shape index (κ2) is 6.70. The molecule has 0 bridgehead atoms. The number of amides is 1. The molecule has 1 unspecified atom stereocenters. The number of nitrogens with two attached hydrogens (primary N) is 1. The summed E-state index contributed by atoms with van der Waals surface area (Å²) in [5.41, 5.74) is 7.38. The number of nitrogens with zero attached hydrogens (tertiary/aromatic N) is 5. The second-order valence-electron chi connectivity index (χ2n) is 6.55. The van der Waals surface area contributed by atoms with Crippen LogP contribution in [0.15, 0.2) is 36.5 Å². The van der Waals surface area contributed by atoms with Gasteiger partial charge in [0.2, 0.25) is 5.91 Å². The van der Waals surface area contributed by atoms with E-state index in [9.17, 15) is 9.18 Å². The van der Waals surface area contributed by atoms with E-state index in [4.69, 9.17) is 5.73 Å². The molecule has 1 aromatic carbocycles. The molecule has 0 aliphatic carbocycles. The standard InChI is InChI=1S/C18H19FN6O/c19-14-3-1-12(2-4-14)11-25-18(22-17(23-25)10-16(20)26)13-6-8-24-15(9-13)5-7-21-24/h1-5,7,13H,6,8-11H2,(H2,20,26). The third-order valence-electron chi connectivity index (χ3n) is 4.64. The van der Waals surface area contributed by atoms with Gasteiger partial charge in [0.05, 0.1) is 13.0 Å². The Hall–Kier alpha value is -3.03. The van der Waals surface area contributed by atoms with E-state index < -0.39 is 5.91 Å². The Balaban J connectivity index is 1.64. The Morgan fingerprint density at radius 3 is 2.85 bits per heavy atom. The van der Waals surface area contributed by atoms with Gasteiger partial charge in [0.25, 0.3) is 0 Å². The molecule has 26 heavy (non-hydrogen) atoms. The van der Waals surface area contributed by atoms with Crippen molar-refractivity contribution in [1.82, 2.24) is 24.5 Å². The lowest BCUT2D eigenvalue weighted by molar-refractivity contribution is -0.117. The predicted octanol–water partition coefficient (Wildman–Crippen LogP) is 1.42. The molecule has 2 N–H and O–H groups in total. The number of benzene rings is 1. The lowest BCUT2D eigenvalue weighted by Gasteiger charge is -2.23. The van der Waals surface area contributed by atoms with Gasteiger partial charge in [-0.1, -0.05) is 12.1 Å². The van der Waals surface area contributed by atoms with Gasteiger partial charge in [0, 0.05) is 24.4 Å². The monoisotopic (exact) mass is 354 g/mol. The molecule has 1 aliphatic heterocycles. The van der Waals surface area contributed by atoms with Crippen molar-refractivity contribution in [3.05, 3.63) is 65.3 Å². The van der Waals surface area contributed by atoms with Crippen LogP contribution in [0.5, 0.6) is 0 Å². The highest BCUT2D eigenvalue weighted by molar-refractivity contribution is 5.75. The molecule has 8 heteroatoms. The van der Waals surface area contributed by atoms with Crippen LogP contribution in [-0.2, 0) is 30.7 Å². The summed E-state index contributed by atoms with van der Waals surface area (Å²) in [6.07, 6.45) is 3.53. The first kappa shape index (κ1) is 16.4. The average molecular weight is 354 g/mol. The maximum atomic E-state index is 13.2. The van der Waals surface area contributed by atoms with Gasteiger partial charge >= 0.3 is 0 Å². The number of hydrogen-bond acceptors (Lipinski definition) is 4. The number of carbonyl (C=O) groups excluding carboxylic acids is 1. The van der Waals surface area contributed by atoms with E-state index >= 15 is 0 Å². The third-order valence-corrected chi connectivity index (χ3v) is 4.64. The third kappa shape index (κ3) is 3.35. The lowest BCUT2D eigenvalue weighted by atomic mass is 9.95. The van der Waals surface area contributed by atoms with Crippen LogP contribution in [0.2, 0.25) is 0 Å². The largest absolute Gasteiger partial charge is 0.369 e. The molecule has 1 amide bonds. The second-order valence-corrected chi connectivity index (χ2v) is 6.55. The predicted molar refractivity (Wildman–Crippen MR) is 91.7 cm³/mol. The number of fused-ring (bicyclic) bond motifs is 1. The fraction of sp³-hybridized carbons (Fsp3) is 0.333. The molecule has 4 rings (SSSR count). The van der Waals surface area contributed by atoms with Gasteiger partial charge in [-0.2, -0.15) is 10.2 Å². The summed E-state index contributed by atoms with van der Waals surface area (Å²) >= 11 is 0. The van der Waals surface area contributed by atoms with Gasteiger partial charge in [0.15, 0.2) is 5.82 Å². The highest BCUT2D eigenvalue weighted by Gasteiger charge is 2.26. The molecule has 3 heterocycles. The minimum atomic E-state index is -0.461. The van der Waals surface area contributed by atoms with Crippen LogP contribution < -0.4 is 5.73 Å². The molecule has 7 nitrogen and oxygen atoms in total. The summed E-state index contributed by atoms with van der Waals surface area (Å²) in [7, 11) is 0. The van der Waals surface area contributed by atoms with Crippen LogP contribution in [-0.4, -0.2) is 30.5 Å². The SMILES string of the molecule is NC(=O)Cc1nc(C2CCn3nccc3C2)n(Cc2ccc(F)cc2)n1. The van der Waals surface area contributed by atoms with Crippen LogP contribution in [0, 0.1) is 5.82 Å². The van der Waals surface area contributed by atoms with Crippen LogP contribution in [0.4, 0.5) is 4.39 Å². The normalized spacial score (nSPS) is 16.4. The van der Waals surface area contributed by atoms with Crippen LogP contribution in [0.3, 0.4) is 0 Å². The van der Waals surface area contributed by atoms with Gasteiger partial charge in [-0.15, -0.1) is 0 Å². The summed E-state index contributed by atoms with van der Waals surface area (Å²) in [5.74, 6) is 0.709. The molecule has 0 fully saturated rings. The molecule has 0 spiro atoms. The molecule has 0 saturated heterocycles. The van der Waals surface area contributed by atoms with Gasteiger partial charge < -0.3 is 5.73 Å². The number of aryl methyl sites for hydroxylation is 1. The van der Waals surface area contributed by atoms with Crippen LogP contribution >= 0.6 is 0 Å². The zero-order valence-electron chi connectivity index (χ0n) is 14.2. The van der Waals surface area contributed by atoms with E-state index in [0.717, 1.165) is 36.5 Å². The Morgan fingerprint density at radius 2 is 2.08 bits per heavy atom. The first-order valence-electron chi connectivity index (χ1n) is 8.55. The van der Waals surface area contributed by atoms with Gasteiger partial charge in [-0.3, -0.25) is 9.48 Å². The van der Waals surface area contributed by atoms with Crippen molar-refractivity contribution >= 4 is 5.91 Å². The number of aromatic nitrogens is 5. The molecule has 2 aromatic heterocycles. The Kier molecular flexibility index (Phi) is 4.24. The van der Waals surface area contributed by atoms with Crippen molar-refractivity contribution in [1.29, 1.82) is 0 Å². The quantitative estimate of drug-likeness (QED) is 0.750. The number of halogens is 1. The fourth-order valence-electron chi connectivity index (χ4n) is 3.40. The fourth-order valence-corrected chi connectivity index (χ4v) is 3.40. The smallest absolute Gasteiger partial charge is 0.225 e. The van der Waals surface area contributed by atoms with Crippen LogP contribution in [0.1, 0.15) is 35.2 Å². The molecule has 1 aliphatic rings. The summed E-state index contributed by atoms with van der Waals surface area (Å²) in [6, 6.07) is 8.32. The summed E-state index contributed by atoms with van der Waals surface area (Å²) < 4.78 is 17.0. The molecule has 0 saturated carbocycles. The Morgan fingerprint density at radius 1 is 1.27 bits per heavy atom. The van der Waals surface area contributed by atoms with E-state index in [1.807, 2.05) is 15.4 Å². The van der Waals surface area contributed by atoms with E-state index in [0.29, 0.717) is 12.4 Å². The maximum Gasteiger partial charge on any atom is 0.225 e. The molecule has 1 atom stereocenters. The number of primary amides is 1. The molecule has 0 radical (unpaired) electrons. The van der Waals surface area contributed by atoms with Crippen molar-refractivity contribution < 1.29 is 9.18 Å². The minimum absolute atomic E-state index is 0.00801. The van der Waals surface area contributed by atoms with E-state index in [2.05, 4.69) is 15.2 Å². The van der Waals surface area contributed by atoms with Gasteiger partial charge in [-0.05, 0) is 36.6 Å². The highest BCUT2D eigenvalue weighted by atomic mass is 19.1. The van der Waals surface area contributed by atoms with Crippen molar-refractivity contribution in [2.45, 2.75) is 38.3 Å². The van der Waals surface area contributed by atoms with Crippen molar-refractivity contribution in [2.24, 2.45) is 5.73 Å². The number of hydrogen-bond donors (Lipinski definition) is 1. The average Bonchev–Trinajstić information content (AvgIpc) is 3.22. The van der Waals surface area contributed by atoms with E-state index in [1.165, 1.54) is 12.1 Å².